The van der Waals surface area contributed by atoms with Crippen molar-refractivity contribution in [3.8, 4) is 0 Å². The molecule has 1 fully saturated rings. The first kappa shape index (κ1) is 18.4. The number of nitrogens with zero attached hydrogens (tertiary/aromatic N) is 3. The van der Waals surface area contributed by atoms with Gasteiger partial charge in [0.2, 0.25) is 0 Å². The third-order valence-corrected chi connectivity index (χ3v) is 5.55. The Kier molecular flexibility index (Phi) is 4.96. The van der Waals surface area contributed by atoms with Crippen molar-refractivity contribution in [2.24, 2.45) is 0 Å². The van der Waals surface area contributed by atoms with E-state index in [1.165, 1.54) is 5.69 Å². The maximum Gasteiger partial charge on any atom is 0.262 e. The van der Waals surface area contributed by atoms with Crippen molar-refractivity contribution in [1.82, 2.24) is 9.80 Å². The second-order valence-electron chi connectivity index (χ2n) is 7.27. The van der Waals surface area contributed by atoms with Crippen LogP contribution in [0.1, 0.15) is 27.6 Å². The molecule has 6 heteroatoms. The molecule has 0 spiro atoms. The maximum atomic E-state index is 12.8. The molecule has 2 aliphatic heterocycles. The summed E-state index contributed by atoms with van der Waals surface area (Å²) < 4.78 is 0. The molecule has 144 valence electrons. The van der Waals surface area contributed by atoms with Crippen molar-refractivity contribution < 1.29 is 14.4 Å². The van der Waals surface area contributed by atoms with E-state index in [9.17, 15) is 14.4 Å². The summed E-state index contributed by atoms with van der Waals surface area (Å²) in [7, 11) is 0. The minimum atomic E-state index is -0.764. The molecule has 0 aromatic heterocycles. The lowest BCUT2D eigenvalue weighted by atomic mass is 10.1. The lowest BCUT2D eigenvalue weighted by Crippen LogP contribution is -2.51. The molecule has 28 heavy (non-hydrogen) atoms. The fourth-order valence-electron chi connectivity index (χ4n) is 3.86. The summed E-state index contributed by atoms with van der Waals surface area (Å²) in [5.41, 5.74) is 1.94. The van der Waals surface area contributed by atoms with Crippen LogP contribution in [-0.4, -0.2) is 66.2 Å². The van der Waals surface area contributed by atoms with E-state index in [1.807, 2.05) is 18.2 Å². The van der Waals surface area contributed by atoms with Gasteiger partial charge >= 0.3 is 0 Å². The average Bonchev–Trinajstić information content (AvgIpc) is 2.99. The number of carbonyl (C=O) groups is 3. The number of hydrogen-bond acceptors (Lipinski definition) is 5. The molecule has 2 heterocycles. The van der Waals surface area contributed by atoms with Crippen LogP contribution in [-0.2, 0) is 4.79 Å². The minimum absolute atomic E-state index is 0.109. The van der Waals surface area contributed by atoms with Crippen molar-refractivity contribution in [2.75, 3.05) is 37.6 Å². The standard InChI is InChI=1S/C22H23N3O3/c1-16(25-21(27)18-9-5-6-10-19(18)22(25)28)20(26)15-23-11-13-24(14-12-23)17-7-3-2-4-8-17/h2-10,16H,11-15H2,1H3. The van der Waals surface area contributed by atoms with Gasteiger partial charge < -0.3 is 4.90 Å². The van der Waals surface area contributed by atoms with Crippen LogP contribution in [0.2, 0.25) is 0 Å². The number of rotatable bonds is 5. The molecule has 4 rings (SSSR count). The zero-order valence-electron chi connectivity index (χ0n) is 15.9. The molecule has 0 saturated carbocycles. The highest BCUT2D eigenvalue weighted by Gasteiger charge is 2.40. The third kappa shape index (κ3) is 3.31. The highest BCUT2D eigenvalue weighted by molar-refractivity contribution is 6.22. The fourth-order valence-corrected chi connectivity index (χ4v) is 3.86. The van der Waals surface area contributed by atoms with Gasteiger partial charge in [0.1, 0.15) is 0 Å². The van der Waals surface area contributed by atoms with E-state index in [4.69, 9.17) is 0 Å². The number of Topliss-reactive ketones (excluding diaryl/α,β-unsaturated/α-hetero) is 1. The number of piperazine rings is 1. The molecule has 0 bridgehead atoms. The van der Waals surface area contributed by atoms with Crippen LogP contribution in [0.5, 0.6) is 0 Å². The number of imide groups is 1. The van der Waals surface area contributed by atoms with E-state index in [2.05, 4.69) is 21.9 Å². The SMILES string of the molecule is CC(C(=O)CN1CCN(c2ccccc2)CC1)N1C(=O)c2ccccc2C1=O. The Labute approximate surface area is 164 Å². The molecular formula is C22H23N3O3. The highest BCUT2D eigenvalue weighted by atomic mass is 16.2. The molecule has 0 radical (unpaired) electrons. The molecule has 2 aromatic carbocycles. The van der Waals surface area contributed by atoms with Gasteiger partial charge in [-0.2, -0.15) is 0 Å². The van der Waals surface area contributed by atoms with E-state index < -0.39 is 6.04 Å². The number of amides is 2. The van der Waals surface area contributed by atoms with Crippen LogP contribution in [0, 0.1) is 0 Å². The summed E-state index contributed by atoms with van der Waals surface area (Å²) in [6.45, 7) is 5.13. The van der Waals surface area contributed by atoms with Crippen LogP contribution in [0.4, 0.5) is 5.69 Å². The van der Waals surface area contributed by atoms with Gasteiger partial charge in [0, 0.05) is 31.9 Å². The highest BCUT2D eigenvalue weighted by Crippen LogP contribution is 2.25. The van der Waals surface area contributed by atoms with Gasteiger partial charge in [-0.05, 0) is 31.2 Å². The number of anilines is 1. The second kappa shape index (κ2) is 7.56. The molecule has 1 saturated heterocycles. The smallest absolute Gasteiger partial charge is 0.262 e. The van der Waals surface area contributed by atoms with Gasteiger partial charge in [-0.15, -0.1) is 0 Å². The lowest BCUT2D eigenvalue weighted by Gasteiger charge is -2.36. The van der Waals surface area contributed by atoms with E-state index in [0.29, 0.717) is 11.1 Å². The first-order valence-corrected chi connectivity index (χ1v) is 9.58. The number of benzene rings is 2. The Morgan fingerprint density at radius 3 is 1.96 bits per heavy atom. The second-order valence-corrected chi connectivity index (χ2v) is 7.27. The van der Waals surface area contributed by atoms with Crippen molar-refractivity contribution >= 4 is 23.3 Å². The lowest BCUT2D eigenvalue weighted by molar-refractivity contribution is -0.123. The summed E-state index contributed by atoms with van der Waals surface area (Å²) in [4.78, 5) is 43.4. The molecule has 0 N–H and O–H groups in total. The molecule has 1 unspecified atom stereocenters. The van der Waals surface area contributed by atoms with E-state index >= 15 is 0 Å². The molecule has 0 aliphatic carbocycles. The van der Waals surface area contributed by atoms with Gasteiger partial charge in [0.15, 0.2) is 5.78 Å². The minimum Gasteiger partial charge on any atom is -0.369 e. The van der Waals surface area contributed by atoms with E-state index in [-0.39, 0.29) is 24.1 Å². The van der Waals surface area contributed by atoms with Gasteiger partial charge in [-0.1, -0.05) is 30.3 Å². The van der Waals surface area contributed by atoms with Crippen molar-refractivity contribution in [3.63, 3.8) is 0 Å². The number of fused-ring (bicyclic) bond motifs is 1. The molecule has 2 aliphatic rings. The average molecular weight is 377 g/mol. The number of carbonyl (C=O) groups excluding carboxylic acids is 3. The number of ketones is 1. The maximum absolute atomic E-state index is 12.8. The molecule has 6 nitrogen and oxygen atoms in total. The number of hydrogen-bond donors (Lipinski definition) is 0. The largest absolute Gasteiger partial charge is 0.369 e. The normalized spacial score (nSPS) is 18.3. The van der Waals surface area contributed by atoms with Gasteiger partial charge in [0.05, 0.1) is 23.7 Å². The zero-order valence-corrected chi connectivity index (χ0v) is 15.9. The van der Waals surface area contributed by atoms with Crippen molar-refractivity contribution in [3.05, 3.63) is 65.7 Å². The van der Waals surface area contributed by atoms with Crippen LogP contribution >= 0.6 is 0 Å². The summed E-state index contributed by atoms with van der Waals surface area (Å²) in [5, 5.41) is 0. The van der Waals surface area contributed by atoms with Crippen molar-refractivity contribution in [1.29, 1.82) is 0 Å². The molecule has 2 aromatic rings. The van der Waals surface area contributed by atoms with Gasteiger partial charge in [-0.3, -0.25) is 24.2 Å². The van der Waals surface area contributed by atoms with Gasteiger partial charge in [0.25, 0.3) is 11.8 Å². The topological polar surface area (TPSA) is 60.9 Å². The molecule has 1 atom stereocenters. The quantitative estimate of drug-likeness (QED) is 0.747. The Balaban J connectivity index is 1.36. The first-order chi connectivity index (χ1) is 13.6. The predicted molar refractivity (Wildman–Crippen MR) is 107 cm³/mol. The van der Waals surface area contributed by atoms with Crippen LogP contribution in [0.15, 0.2) is 54.6 Å². The summed E-state index contributed by atoms with van der Waals surface area (Å²) in [6.07, 6.45) is 0. The Bertz CT molecular complexity index is 869. The molecule has 2 amide bonds. The van der Waals surface area contributed by atoms with Crippen LogP contribution in [0.25, 0.3) is 0 Å². The fraction of sp³-hybridized carbons (Fsp3) is 0.318. The van der Waals surface area contributed by atoms with Crippen LogP contribution < -0.4 is 4.90 Å². The van der Waals surface area contributed by atoms with E-state index in [1.54, 1.807) is 31.2 Å². The zero-order chi connectivity index (χ0) is 19.7. The third-order valence-electron chi connectivity index (χ3n) is 5.55. The van der Waals surface area contributed by atoms with Crippen molar-refractivity contribution in [2.45, 2.75) is 13.0 Å². The van der Waals surface area contributed by atoms with Crippen LogP contribution in [0.3, 0.4) is 0 Å². The Morgan fingerprint density at radius 2 is 1.39 bits per heavy atom. The van der Waals surface area contributed by atoms with Gasteiger partial charge in [-0.25, -0.2) is 0 Å². The predicted octanol–water partition coefficient (Wildman–Crippen LogP) is 2.06. The first-order valence-electron chi connectivity index (χ1n) is 9.58. The Morgan fingerprint density at radius 1 is 0.857 bits per heavy atom. The summed E-state index contributed by atoms with van der Waals surface area (Å²) in [6, 6.07) is 16.2. The monoisotopic (exact) mass is 377 g/mol. The van der Waals surface area contributed by atoms with E-state index in [0.717, 1.165) is 31.1 Å². The Hall–Kier alpha value is -2.99. The molecular weight excluding hydrogens is 354 g/mol. The summed E-state index contributed by atoms with van der Waals surface area (Å²) in [5.74, 6) is -0.867. The number of para-hydroxylation sites is 1. The summed E-state index contributed by atoms with van der Waals surface area (Å²) >= 11 is 0.